The maximum absolute atomic E-state index is 12.4. The summed E-state index contributed by atoms with van der Waals surface area (Å²) >= 11 is 0. The number of halogens is 1. The second kappa shape index (κ2) is 4.44. The Labute approximate surface area is 83.2 Å². The SMILES string of the molecule is C#Cc1cccc([C](C)CF)c1C#N. The number of rotatable bonds is 2. The van der Waals surface area contributed by atoms with E-state index in [9.17, 15) is 4.39 Å². The molecule has 0 aliphatic rings. The van der Waals surface area contributed by atoms with Crippen molar-refractivity contribution in [1.82, 2.24) is 0 Å². The molecule has 1 radical (unpaired) electrons. The number of terminal acetylenes is 1. The Kier molecular flexibility index (Phi) is 3.26. The van der Waals surface area contributed by atoms with E-state index in [1.807, 2.05) is 6.07 Å². The zero-order valence-corrected chi connectivity index (χ0v) is 7.84. The number of benzene rings is 1. The van der Waals surface area contributed by atoms with Gasteiger partial charge < -0.3 is 0 Å². The first-order chi connectivity index (χ1) is 6.74. The van der Waals surface area contributed by atoms with E-state index >= 15 is 0 Å². The standard InChI is InChI=1S/C12H9FN/c1-3-10-5-4-6-11(9(2)7-13)12(10)8-14/h1,4-6H,7H2,2H3. The van der Waals surface area contributed by atoms with Crippen LogP contribution >= 0.6 is 0 Å². The van der Waals surface area contributed by atoms with Gasteiger partial charge in [0, 0.05) is 11.5 Å². The molecule has 0 spiro atoms. The molecule has 0 aromatic heterocycles. The summed E-state index contributed by atoms with van der Waals surface area (Å²) in [6.07, 6.45) is 5.23. The molecule has 1 aromatic carbocycles. The molecule has 1 aromatic rings. The summed E-state index contributed by atoms with van der Waals surface area (Å²) < 4.78 is 12.4. The monoisotopic (exact) mass is 186 g/mol. The Bertz CT molecular complexity index is 409. The topological polar surface area (TPSA) is 23.8 Å². The molecule has 1 nitrogen and oxygen atoms in total. The summed E-state index contributed by atoms with van der Waals surface area (Å²) in [7, 11) is 0. The lowest BCUT2D eigenvalue weighted by Gasteiger charge is -2.09. The Hall–Kier alpha value is -1.80. The minimum Gasteiger partial charge on any atom is -0.250 e. The van der Waals surface area contributed by atoms with Crippen LogP contribution in [0.15, 0.2) is 18.2 Å². The van der Waals surface area contributed by atoms with E-state index in [0.29, 0.717) is 22.6 Å². The van der Waals surface area contributed by atoms with Crippen LogP contribution in [0.4, 0.5) is 4.39 Å². The maximum atomic E-state index is 12.4. The van der Waals surface area contributed by atoms with Crippen LogP contribution in [0.3, 0.4) is 0 Å². The van der Waals surface area contributed by atoms with Gasteiger partial charge >= 0.3 is 0 Å². The van der Waals surface area contributed by atoms with Crippen LogP contribution in [0.25, 0.3) is 0 Å². The molecule has 0 saturated carbocycles. The van der Waals surface area contributed by atoms with Gasteiger partial charge in [-0.2, -0.15) is 5.26 Å². The number of nitrogens with zero attached hydrogens (tertiary/aromatic N) is 1. The molecule has 0 bridgehead atoms. The van der Waals surface area contributed by atoms with Gasteiger partial charge in [0.2, 0.25) is 0 Å². The molecule has 0 aliphatic heterocycles. The van der Waals surface area contributed by atoms with Crippen molar-refractivity contribution < 1.29 is 4.39 Å². The smallest absolute Gasteiger partial charge is 0.101 e. The van der Waals surface area contributed by atoms with Gasteiger partial charge in [-0.1, -0.05) is 25.0 Å². The average Bonchev–Trinajstić information content (AvgIpc) is 2.26. The molecule has 2 heteroatoms. The summed E-state index contributed by atoms with van der Waals surface area (Å²) in [5.41, 5.74) is 1.49. The van der Waals surface area contributed by atoms with E-state index in [-0.39, 0.29) is 0 Å². The lowest BCUT2D eigenvalue weighted by Crippen LogP contribution is -2.01. The average molecular weight is 186 g/mol. The summed E-state index contributed by atoms with van der Waals surface area (Å²) in [6, 6.07) is 7.10. The highest BCUT2D eigenvalue weighted by Crippen LogP contribution is 2.21. The van der Waals surface area contributed by atoms with Crippen molar-refractivity contribution in [2.75, 3.05) is 6.67 Å². The van der Waals surface area contributed by atoms with Crippen LogP contribution in [-0.2, 0) is 0 Å². The van der Waals surface area contributed by atoms with Crippen molar-refractivity contribution in [3.05, 3.63) is 40.8 Å². The van der Waals surface area contributed by atoms with Crippen molar-refractivity contribution in [2.24, 2.45) is 0 Å². The molecule has 14 heavy (non-hydrogen) atoms. The zero-order valence-electron chi connectivity index (χ0n) is 7.84. The van der Waals surface area contributed by atoms with E-state index in [4.69, 9.17) is 11.7 Å². The van der Waals surface area contributed by atoms with E-state index in [2.05, 4.69) is 5.92 Å². The van der Waals surface area contributed by atoms with Gasteiger partial charge in [0.15, 0.2) is 0 Å². The van der Waals surface area contributed by atoms with Crippen molar-refractivity contribution in [1.29, 1.82) is 5.26 Å². The van der Waals surface area contributed by atoms with Gasteiger partial charge in [0.05, 0.1) is 12.2 Å². The van der Waals surface area contributed by atoms with Crippen LogP contribution in [-0.4, -0.2) is 6.67 Å². The summed E-state index contributed by atoms with van der Waals surface area (Å²) in [6.45, 7) is 1.08. The minimum absolute atomic E-state index is 0.380. The minimum atomic E-state index is -0.567. The summed E-state index contributed by atoms with van der Waals surface area (Å²) in [5.74, 6) is 2.93. The van der Waals surface area contributed by atoms with Crippen molar-refractivity contribution in [3.8, 4) is 18.4 Å². The molecule has 1 rings (SSSR count). The first-order valence-electron chi connectivity index (χ1n) is 4.13. The molecule has 0 aliphatic carbocycles. The molecular formula is C12H9FN. The molecule has 0 unspecified atom stereocenters. The van der Waals surface area contributed by atoms with E-state index < -0.39 is 6.67 Å². The van der Waals surface area contributed by atoms with Crippen LogP contribution in [0, 0.1) is 29.6 Å². The second-order valence-corrected chi connectivity index (χ2v) is 2.90. The number of alkyl halides is 1. The maximum Gasteiger partial charge on any atom is 0.101 e. The van der Waals surface area contributed by atoms with Crippen LogP contribution < -0.4 is 0 Å². The van der Waals surface area contributed by atoms with E-state index in [1.54, 1.807) is 25.1 Å². The fourth-order valence-corrected chi connectivity index (χ4v) is 1.22. The van der Waals surface area contributed by atoms with Crippen molar-refractivity contribution in [3.63, 3.8) is 0 Å². The molecule has 0 amide bonds. The zero-order chi connectivity index (χ0) is 10.6. The normalized spacial score (nSPS) is 9.50. The first-order valence-corrected chi connectivity index (χ1v) is 4.13. The quantitative estimate of drug-likeness (QED) is 0.651. The number of hydrogen-bond donors (Lipinski definition) is 0. The Morgan fingerprint density at radius 1 is 1.57 bits per heavy atom. The van der Waals surface area contributed by atoms with Gasteiger partial charge in [-0.15, -0.1) is 6.42 Å². The van der Waals surface area contributed by atoms with E-state index in [1.165, 1.54) is 0 Å². The third kappa shape index (κ3) is 1.75. The molecular weight excluding hydrogens is 177 g/mol. The molecule has 69 valence electrons. The highest BCUT2D eigenvalue weighted by molar-refractivity contribution is 5.55. The molecule has 0 N–H and O–H groups in total. The van der Waals surface area contributed by atoms with Crippen molar-refractivity contribution in [2.45, 2.75) is 6.92 Å². The van der Waals surface area contributed by atoms with Crippen LogP contribution in [0.5, 0.6) is 0 Å². The highest BCUT2D eigenvalue weighted by atomic mass is 19.1. The molecule has 0 atom stereocenters. The lowest BCUT2D eigenvalue weighted by atomic mass is 9.94. The second-order valence-electron chi connectivity index (χ2n) is 2.90. The van der Waals surface area contributed by atoms with Gasteiger partial charge in [0.25, 0.3) is 0 Å². The fourth-order valence-electron chi connectivity index (χ4n) is 1.22. The Balaban J connectivity index is 3.33. The molecule has 0 heterocycles. The van der Waals surface area contributed by atoms with Gasteiger partial charge in [-0.25, -0.2) is 0 Å². The van der Waals surface area contributed by atoms with Gasteiger partial charge in [0.1, 0.15) is 6.07 Å². The Morgan fingerprint density at radius 2 is 2.29 bits per heavy atom. The predicted molar refractivity (Wildman–Crippen MR) is 53.1 cm³/mol. The van der Waals surface area contributed by atoms with Gasteiger partial charge in [-0.3, -0.25) is 4.39 Å². The van der Waals surface area contributed by atoms with Crippen LogP contribution in [0.2, 0.25) is 0 Å². The first kappa shape index (κ1) is 10.3. The number of nitriles is 1. The van der Waals surface area contributed by atoms with Gasteiger partial charge in [-0.05, 0) is 11.6 Å². The fraction of sp³-hybridized carbons (Fsp3) is 0.167. The predicted octanol–water partition coefficient (Wildman–Crippen LogP) is 2.45. The summed E-state index contributed by atoms with van der Waals surface area (Å²) in [5, 5.41) is 8.89. The highest BCUT2D eigenvalue weighted by Gasteiger charge is 2.12. The largest absolute Gasteiger partial charge is 0.250 e. The van der Waals surface area contributed by atoms with E-state index in [0.717, 1.165) is 0 Å². The molecule has 0 saturated heterocycles. The van der Waals surface area contributed by atoms with Crippen molar-refractivity contribution >= 4 is 0 Å². The third-order valence-corrected chi connectivity index (χ3v) is 1.99. The lowest BCUT2D eigenvalue weighted by molar-refractivity contribution is 0.516. The Morgan fingerprint density at radius 3 is 2.79 bits per heavy atom. The summed E-state index contributed by atoms with van der Waals surface area (Å²) in [4.78, 5) is 0. The number of hydrogen-bond acceptors (Lipinski definition) is 1. The van der Waals surface area contributed by atoms with Crippen LogP contribution in [0.1, 0.15) is 23.6 Å². The molecule has 0 fully saturated rings. The third-order valence-electron chi connectivity index (χ3n) is 1.99.